The van der Waals surface area contributed by atoms with Crippen molar-refractivity contribution in [2.75, 3.05) is 6.54 Å². The average molecular weight is 322 g/mol. The minimum atomic E-state index is -0.646. The maximum atomic E-state index is 12.3. The summed E-state index contributed by atoms with van der Waals surface area (Å²) in [6.07, 6.45) is 0.463. The summed E-state index contributed by atoms with van der Waals surface area (Å²) in [5.41, 5.74) is 2.07. The molecular formula is C16H20ClN3O2. The van der Waals surface area contributed by atoms with E-state index in [-0.39, 0.29) is 12.5 Å². The van der Waals surface area contributed by atoms with Crippen LogP contribution in [0.4, 0.5) is 0 Å². The molecule has 5 nitrogen and oxygen atoms in total. The lowest BCUT2D eigenvalue weighted by atomic mass is 10.1. The van der Waals surface area contributed by atoms with Crippen LogP contribution in [0.5, 0.6) is 0 Å². The Labute approximate surface area is 134 Å². The van der Waals surface area contributed by atoms with Gasteiger partial charge in [-0.2, -0.15) is 5.10 Å². The second-order valence-corrected chi connectivity index (χ2v) is 5.50. The topological polar surface area (TPSA) is 67.2 Å². The molecule has 0 saturated carbocycles. The Kier molecular flexibility index (Phi) is 5.57. The van der Waals surface area contributed by atoms with Crippen molar-refractivity contribution in [3.63, 3.8) is 0 Å². The van der Waals surface area contributed by atoms with Gasteiger partial charge in [0.15, 0.2) is 0 Å². The van der Waals surface area contributed by atoms with Crippen LogP contribution in [0, 0.1) is 0 Å². The van der Waals surface area contributed by atoms with Crippen molar-refractivity contribution >= 4 is 17.5 Å². The largest absolute Gasteiger partial charge is 0.391 e. The van der Waals surface area contributed by atoms with E-state index < -0.39 is 6.10 Å². The minimum absolute atomic E-state index is 0.169. The lowest BCUT2D eigenvalue weighted by molar-refractivity contribution is 0.0915. The van der Waals surface area contributed by atoms with Gasteiger partial charge in [-0.3, -0.25) is 9.48 Å². The average Bonchev–Trinajstić information content (AvgIpc) is 2.81. The van der Waals surface area contributed by atoms with Gasteiger partial charge in [0.05, 0.1) is 17.4 Å². The first kappa shape index (κ1) is 16.5. The Morgan fingerprint density at radius 1 is 1.41 bits per heavy atom. The van der Waals surface area contributed by atoms with Crippen LogP contribution in [0.1, 0.15) is 28.5 Å². The van der Waals surface area contributed by atoms with Gasteiger partial charge < -0.3 is 10.4 Å². The molecule has 0 aliphatic rings. The predicted molar refractivity (Wildman–Crippen MR) is 86.1 cm³/mol. The summed E-state index contributed by atoms with van der Waals surface area (Å²) in [6.45, 7) is 2.09. The van der Waals surface area contributed by atoms with Gasteiger partial charge in [-0.25, -0.2) is 0 Å². The van der Waals surface area contributed by atoms with Crippen molar-refractivity contribution in [2.45, 2.75) is 25.9 Å². The number of aryl methyl sites for hydroxylation is 2. The van der Waals surface area contributed by atoms with Crippen LogP contribution < -0.4 is 5.32 Å². The fourth-order valence-corrected chi connectivity index (χ4v) is 2.52. The molecule has 1 aromatic carbocycles. The fraction of sp³-hybridized carbons (Fsp3) is 0.375. The van der Waals surface area contributed by atoms with Gasteiger partial charge in [0, 0.05) is 20.0 Å². The standard InChI is InChI=1S/C16H20ClN3O2/c1-3-13-14(15(17)20(2)19-13)16(22)18-10-12(21)9-11-7-5-4-6-8-11/h4-8,12,21H,3,9-10H2,1-2H3,(H,18,22). The normalized spacial score (nSPS) is 12.2. The van der Waals surface area contributed by atoms with Crippen molar-refractivity contribution in [1.29, 1.82) is 0 Å². The molecule has 2 rings (SSSR count). The zero-order valence-corrected chi connectivity index (χ0v) is 13.5. The zero-order valence-electron chi connectivity index (χ0n) is 12.7. The van der Waals surface area contributed by atoms with E-state index >= 15 is 0 Å². The second kappa shape index (κ2) is 7.42. The van der Waals surface area contributed by atoms with Crippen molar-refractivity contribution in [3.05, 3.63) is 52.3 Å². The highest BCUT2D eigenvalue weighted by Crippen LogP contribution is 2.19. The summed E-state index contributed by atoms with van der Waals surface area (Å²) in [6, 6.07) is 9.65. The molecule has 2 aromatic rings. The molecule has 0 spiro atoms. The molecule has 0 fully saturated rings. The van der Waals surface area contributed by atoms with Crippen LogP contribution in [-0.2, 0) is 19.9 Å². The monoisotopic (exact) mass is 321 g/mol. The summed E-state index contributed by atoms with van der Waals surface area (Å²) in [4.78, 5) is 12.3. The third-order valence-electron chi connectivity index (χ3n) is 3.42. The molecule has 2 N–H and O–H groups in total. The molecule has 0 bridgehead atoms. The number of nitrogens with one attached hydrogen (secondary N) is 1. The number of rotatable bonds is 6. The van der Waals surface area contributed by atoms with E-state index in [2.05, 4.69) is 10.4 Å². The quantitative estimate of drug-likeness (QED) is 0.855. The molecule has 1 amide bonds. The molecule has 22 heavy (non-hydrogen) atoms. The number of carbonyl (C=O) groups excluding carboxylic acids is 1. The Morgan fingerprint density at radius 2 is 2.09 bits per heavy atom. The van der Waals surface area contributed by atoms with E-state index in [1.165, 1.54) is 4.68 Å². The third kappa shape index (κ3) is 3.87. The maximum Gasteiger partial charge on any atom is 0.256 e. The summed E-state index contributed by atoms with van der Waals surface area (Å²) in [5, 5.41) is 17.3. The number of aliphatic hydroxyl groups is 1. The summed E-state index contributed by atoms with van der Waals surface area (Å²) in [5.74, 6) is -0.304. The van der Waals surface area contributed by atoms with E-state index in [9.17, 15) is 9.90 Å². The number of aromatic nitrogens is 2. The van der Waals surface area contributed by atoms with Gasteiger partial charge in [-0.05, 0) is 12.0 Å². The van der Waals surface area contributed by atoms with E-state index in [0.717, 1.165) is 5.56 Å². The lowest BCUT2D eigenvalue weighted by Crippen LogP contribution is -2.33. The highest BCUT2D eigenvalue weighted by atomic mass is 35.5. The number of hydrogen-bond acceptors (Lipinski definition) is 3. The van der Waals surface area contributed by atoms with Crippen molar-refractivity contribution in [2.24, 2.45) is 7.05 Å². The van der Waals surface area contributed by atoms with Gasteiger partial charge >= 0.3 is 0 Å². The highest BCUT2D eigenvalue weighted by Gasteiger charge is 2.20. The van der Waals surface area contributed by atoms with Crippen LogP contribution in [-0.4, -0.2) is 33.4 Å². The summed E-state index contributed by atoms with van der Waals surface area (Å²) >= 11 is 6.11. The Hall–Kier alpha value is -1.85. The maximum absolute atomic E-state index is 12.3. The van der Waals surface area contributed by atoms with Gasteiger partial charge in [-0.15, -0.1) is 0 Å². The smallest absolute Gasteiger partial charge is 0.256 e. The fourth-order valence-electron chi connectivity index (χ4n) is 2.29. The van der Waals surface area contributed by atoms with Gasteiger partial charge in [0.1, 0.15) is 5.15 Å². The SMILES string of the molecule is CCc1nn(C)c(Cl)c1C(=O)NCC(O)Cc1ccccc1. The third-order valence-corrected chi connectivity index (χ3v) is 3.86. The van der Waals surface area contributed by atoms with Crippen molar-refractivity contribution < 1.29 is 9.90 Å². The molecule has 1 unspecified atom stereocenters. The number of hydrogen-bond donors (Lipinski definition) is 2. The van der Waals surface area contributed by atoms with Crippen molar-refractivity contribution in [1.82, 2.24) is 15.1 Å². The molecule has 1 heterocycles. The molecule has 1 aromatic heterocycles. The number of amides is 1. The molecule has 118 valence electrons. The molecule has 0 saturated heterocycles. The molecule has 1 atom stereocenters. The van der Waals surface area contributed by atoms with E-state index in [1.54, 1.807) is 7.05 Å². The molecular weight excluding hydrogens is 302 g/mol. The molecule has 6 heteroatoms. The second-order valence-electron chi connectivity index (χ2n) is 5.14. The number of nitrogens with zero attached hydrogens (tertiary/aromatic N) is 2. The van der Waals surface area contributed by atoms with Crippen LogP contribution >= 0.6 is 11.6 Å². The summed E-state index contributed by atoms with van der Waals surface area (Å²) in [7, 11) is 1.70. The van der Waals surface area contributed by atoms with Crippen LogP contribution in [0.2, 0.25) is 5.15 Å². The number of halogens is 1. The highest BCUT2D eigenvalue weighted by molar-refractivity contribution is 6.33. The van der Waals surface area contributed by atoms with Gasteiger partial charge in [0.2, 0.25) is 0 Å². The summed E-state index contributed by atoms with van der Waals surface area (Å²) < 4.78 is 1.48. The van der Waals surface area contributed by atoms with Crippen molar-refractivity contribution in [3.8, 4) is 0 Å². The minimum Gasteiger partial charge on any atom is -0.391 e. The molecule has 0 radical (unpaired) electrons. The van der Waals surface area contributed by atoms with Gasteiger partial charge in [0.25, 0.3) is 5.91 Å². The van der Waals surface area contributed by atoms with E-state index in [0.29, 0.717) is 29.3 Å². The predicted octanol–water partition coefficient (Wildman–Crippen LogP) is 1.97. The van der Waals surface area contributed by atoms with Crippen LogP contribution in [0.15, 0.2) is 30.3 Å². The van der Waals surface area contributed by atoms with Crippen LogP contribution in [0.3, 0.4) is 0 Å². The number of benzene rings is 1. The van der Waals surface area contributed by atoms with E-state index in [4.69, 9.17) is 11.6 Å². The Bertz CT molecular complexity index is 640. The number of aliphatic hydroxyl groups excluding tert-OH is 1. The van der Waals surface area contributed by atoms with Gasteiger partial charge in [-0.1, -0.05) is 48.9 Å². The lowest BCUT2D eigenvalue weighted by Gasteiger charge is -2.12. The first-order valence-corrected chi connectivity index (χ1v) is 7.62. The zero-order chi connectivity index (χ0) is 16.1. The Balaban J connectivity index is 1.95. The molecule has 0 aliphatic heterocycles. The van der Waals surface area contributed by atoms with Crippen LogP contribution in [0.25, 0.3) is 0 Å². The molecule has 0 aliphatic carbocycles. The first-order chi connectivity index (χ1) is 10.5. The Morgan fingerprint density at radius 3 is 2.73 bits per heavy atom. The van der Waals surface area contributed by atoms with E-state index in [1.807, 2.05) is 37.3 Å². The first-order valence-electron chi connectivity index (χ1n) is 7.24. The number of carbonyl (C=O) groups is 1.